The molecule has 10 nitrogen and oxygen atoms in total. The summed E-state index contributed by atoms with van der Waals surface area (Å²) in [6.07, 6.45) is -1.09. The average Bonchev–Trinajstić information content (AvgIpc) is 3.54. The minimum atomic E-state index is -0.949. The predicted octanol–water partition coefficient (Wildman–Crippen LogP) is 3.59. The molecule has 1 saturated heterocycles. The SMILES string of the molecule is Cc1ccc2nc(-c3ccc(NC(=O)CC4OCCN(Cc5c(=O)o[nH][n+]5-c5ccccc5)C4=O)cc3)sc2c1. The van der Waals surface area contributed by atoms with Crippen molar-refractivity contribution in [2.75, 3.05) is 18.5 Å². The molecule has 0 spiro atoms. The highest BCUT2D eigenvalue weighted by atomic mass is 32.1. The lowest BCUT2D eigenvalue weighted by atomic mass is 10.1. The quantitative estimate of drug-likeness (QED) is 0.296. The van der Waals surface area contributed by atoms with Gasteiger partial charge < -0.3 is 15.0 Å². The molecule has 3 heterocycles. The number of H-pyrrole nitrogens is 1. The summed E-state index contributed by atoms with van der Waals surface area (Å²) in [5.41, 5.74) is 4.12. The van der Waals surface area contributed by atoms with E-state index in [1.165, 1.54) is 15.1 Å². The Morgan fingerprint density at radius 3 is 2.73 bits per heavy atom. The van der Waals surface area contributed by atoms with Crippen LogP contribution in [0.2, 0.25) is 0 Å². The van der Waals surface area contributed by atoms with E-state index in [4.69, 9.17) is 14.2 Å². The van der Waals surface area contributed by atoms with Gasteiger partial charge in [-0.15, -0.1) is 11.3 Å². The summed E-state index contributed by atoms with van der Waals surface area (Å²) in [5.74, 6) is -0.702. The van der Waals surface area contributed by atoms with Crippen molar-refractivity contribution in [1.82, 2.24) is 15.2 Å². The van der Waals surface area contributed by atoms with Crippen LogP contribution in [0.25, 0.3) is 26.5 Å². The van der Waals surface area contributed by atoms with Crippen LogP contribution >= 0.6 is 11.3 Å². The number of aromatic amines is 1. The van der Waals surface area contributed by atoms with Crippen molar-refractivity contribution in [3.63, 3.8) is 0 Å². The monoisotopic (exact) mass is 556 g/mol. The molecule has 202 valence electrons. The summed E-state index contributed by atoms with van der Waals surface area (Å²) in [6.45, 7) is 2.62. The van der Waals surface area contributed by atoms with Gasteiger partial charge in [-0.1, -0.05) is 24.3 Å². The molecule has 0 saturated carbocycles. The second kappa shape index (κ2) is 10.9. The number of para-hydroxylation sites is 1. The highest BCUT2D eigenvalue weighted by Crippen LogP contribution is 2.31. The molecule has 0 radical (unpaired) electrons. The highest BCUT2D eigenvalue weighted by molar-refractivity contribution is 7.21. The Labute approximate surface area is 232 Å². The number of morpholine rings is 1. The molecule has 1 aliphatic heterocycles. The van der Waals surface area contributed by atoms with E-state index in [-0.39, 0.29) is 37.1 Å². The van der Waals surface area contributed by atoms with Crippen LogP contribution in [0.5, 0.6) is 0 Å². The number of nitrogens with zero attached hydrogens (tertiary/aromatic N) is 3. The van der Waals surface area contributed by atoms with E-state index >= 15 is 0 Å². The van der Waals surface area contributed by atoms with Crippen LogP contribution in [0.3, 0.4) is 0 Å². The number of rotatable bonds is 7. The Bertz CT molecular complexity index is 1740. The Kier molecular flexibility index (Phi) is 6.97. The maximum absolute atomic E-state index is 13.2. The highest BCUT2D eigenvalue weighted by Gasteiger charge is 2.35. The van der Waals surface area contributed by atoms with Gasteiger partial charge in [0, 0.05) is 29.9 Å². The van der Waals surface area contributed by atoms with E-state index in [1.54, 1.807) is 11.3 Å². The number of anilines is 1. The number of hydrogen-bond acceptors (Lipinski definition) is 7. The number of aryl methyl sites for hydroxylation is 1. The van der Waals surface area contributed by atoms with Gasteiger partial charge in [-0.05, 0) is 58.8 Å². The van der Waals surface area contributed by atoms with Crippen molar-refractivity contribution in [3.8, 4) is 16.3 Å². The first-order valence-corrected chi connectivity index (χ1v) is 13.6. The largest absolute Gasteiger partial charge is 0.432 e. The summed E-state index contributed by atoms with van der Waals surface area (Å²) < 4.78 is 13.3. The first kappa shape index (κ1) is 25.7. The van der Waals surface area contributed by atoms with Gasteiger partial charge in [0.15, 0.2) is 0 Å². The van der Waals surface area contributed by atoms with Gasteiger partial charge in [-0.25, -0.2) is 9.78 Å². The Balaban J connectivity index is 1.09. The van der Waals surface area contributed by atoms with E-state index in [1.807, 2.05) is 66.7 Å². The summed E-state index contributed by atoms with van der Waals surface area (Å²) in [5, 5.41) is 6.33. The molecule has 1 aliphatic rings. The van der Waals surface area contributed by atoms with Gasteiger partial charge in [0.1, 0.15) is 17.7 Å². The van der Waals surface area contributed by atoms with Crippen LogP contribution in [-0.4, -0.2) is 46.2 Å². The summed E-state index contributed by atoms with van der Waals surface area (Å²) in [7, 11) is 0. The molecule has 1 fully saturated rings. The Morgan fingerprint density at radius 1 is 1.12 bits per heavy atom. The van der Waals surface area contributed by atoms with E-state index in [2.05, 4.69) is 23.6 Å². The standard InChI is InChI=1S/C29H25N5O5S/c1-18-7-12-22-25(15-18)40-27(31-22)19-8-10-20(11-9-19)30-26(35)16-24-28(36)33(13-14-38-24)17-23-29(37)39-32-34(23)21-5-3-2-4-6-21/h2-12,15,24H,13-14,16-17H2,1H3,(H-,30,31,32,35,37)/p+1. The van der Waals surface area contributed by atoms with Gasteiger partial charge in [-0.2, -0.15) is 0 Å². The number of nitrogens with one attached hydrogen (secondary N) is 2. The molecule has 1 atom stereocenters. The van der Waals surface area contributed by atoms with Crippen LogP contribution in [0.15, 0.2) is 82.1 Å². The first-order valence-electron chi connectivity index (χ1n) is 12.8. The molecule has 2 N–H and O–H groups in total. The van der Waals surface area contributed by atoms with Crippen LogP contribution in [0, 0.1) is 6.92 Å². The molecular formula is C29H26N5O5S+. The van der Waals surface area contributed by atoms with E-state index in [9.17, 15) is 14.4 Å². The minimum absolute atomic E-state index is 0.0217. The van der Waals surface area contributed by atoms with Crippen LogP contribution in [-0.2, 0) is 20.9 Å². The maximum atomic E-state index is 13.2. The third-order valence-corrected chi connectivity index (χ3v) is 7.76. The third-order valence-electron chi connectivity index (χ3n) is 6.69. The zero-order valence-electron chi connectivity index (χ0n) is 21.6. The molecule has 3 aromatic carbocycles. The lowest BCUT2D eigenvalue weighted by molar-refractivity contribution is -0.678. The summed E-state index contributed by atoms with van der Waals surface area (Å²) in [4.78, 5) is 44.5. The fourth-order valence-electron chi connectivity index (χ4n) is 4.62. The number of ether oxygens (including phenoxy) is 1. The lowest BCUT2D eigenvalue weighted by Gasteiger charge is -2.30. The zero-order chi connectivity index (χ0) is 27.6. The molecular weight excluding hydrogens is 530 g/mol. The number of carbonyl (C=O) groups is 2. The smallest absolute Gasteiger partial charge is 0.366 e. The van der Waals surface area contributed by atoms with Crippen molar-refractivity contribution in [2.45, 2.75) is 26.0 Å². The van der Waals surface area contributed by atoms with Gasteiger partial charge in [-0.3, -0.25) is 14.1 Å². The number of benzene rings is 3. The van der Waals surface area contributed by atoms with Crippen molar-refractivity contribution in [2.24, 2.45) is 0 Å². The molecule has 0 bridgehead atoms. The molecule has 2 amide bonds. The van der Waals surface area contributed by atoms with E-state index < -0.39 is 11.7 Å². The molecule has 5 aromatic rings. The van der Waals surface area contributed by atoms with Crippen molar-refractivity contribution in [3.05, 3.63) is 94.5 Å². The number of amides is 2. The minimum Gasteiger partial charge on any atom is -0.366 e. The maximum Gasteiger partial charge on any atom is 0.432 e. The van der Waals surface area contributed by atoms with Crippen LogP contribution < -0.4 is 15.6 Å². The fraction of sp³-hybridized carbons (Fsp3) is 0.207. The Hall–Kier alpha value is -4.61. The van der Waals surface area contributed by atoms with E-state index in [0.29, 0.717) is 17.9 Å². The lowest BCUT2D eigenvalue weighted by Crippen LogP contribution is -2.51. The molecule has 11 heteroatoms. The summed E-state index contributed by atoms with van der Waals surface area (Å²) >= 11 is 1.62. The number of carbonyl (C=O) groups excluding carboxylic acids is 2. The summed E-state index contributed by atoms with van der Waals surface area (Å²) in [6, 6.07) is 22.8. The van der Waals surface area contributed by atoms with Crippen molar-refractivity contribution >= 4 is 39.1 Å². The predicted molar refractivity (Wildman–Crippen MR) is 149 cm³/mol. The van der Waals surface area contributed by atoms with Crippen LogP contribution in [0.4, 0.5) is 5.69 Å². The molecule has 0 aliphatic carbocycles. The van der Waals surface area contributed by atoms with Gasteiger partial charge in [0.25, 0.3) is 5.91 Å². The van der Waals surface area contributed by atoms with Gasteiger partial charge >= 0.3 is 11.3 Å². The number of fused-ring (bicyclic) bond motifs is 1. The second-order valence-corrected chi connectivity index (χ2v) is 10.6. The average molecular weight is 557 g/mol. The number of aromatic nitrogens is 3. The fourth-order valence-corrected chi connectivity index (χ4v) is 5.69. The normalized spacial score (nSPS) is 15.5. The molecule has 6 rings (SSSR count). The third kappa shape index (κ3) is 5.29. The topological polar surface area (TPSA) is 121 Å². The molecule has 1 unspecified atom stereocenters. The first-order chi connectivity index (χ1) is 19.4. The van der Waals surface area contributed by atoms with E-state index in [0.717, 1.165) is 20.8 Å². The van der Waals surface area contributed by atoms with Gasteiger partial charge in [0.05, 0.1) is 23.2 Å². The number of thiazole rings is 1. The molecule has 2 aromatic heterocycles. The number of hydrogen-bond donors (Lipinski definition) is 2. The van der Waals surface area contributed by atoms with Crippen molar-refractivity contribution < 1.29 is 23.5 Å². The van der Waals surface area contributed by atoms with Crippen molar-refractivity contribution in [1.29, 1.82) is 0 Å². The van der Waals surface area contributed by atoms with Gasteiger partial charge in [0.2, 0.25) is 11.6 Å². The second-order valence-electron chi connectivity index (χ2n) is 9.54. The molecule has 40 heavy (non-hydrogen) atoms. The Morgan fingerprint density at radius 2 is 1.93 bits per heavy atom. The zero-order valence-corrected chi connectivity index (χ0v) is 22.4. The van der Waals surface area contributed by atoms with Crippen LogP contribution in [0.1, 0.15) is 17.7 Å².